The molecular formula is C7H13F2NO. The van der Waals surface area contributed by atoms with Gasteiger partial charge in [0.05, 0.1) is 12.7 Å². The molecule has 1 aliphatic rings. The summed E-state index contributed by atoms with van der Waals surface area (Å²) in [5.41, 5.74) is 0. The highest BCUT2D eigenvalue weighted by atomic mass is 19.3. The van der Waals surface area contributed by atoms with E-state index in [2.05, 4.69) is 5.32 Å². The number of ether oxygens (including phenoxy) is 1. The van der Waals surface area contributed by atoms with E-state index in [1.54, 1.807) is 0 Å². The SMILES string of the molecule is FC(F)CC[C@@H]1CNCCO1. The van der Waals surface area contributed by atoms with Gasteiger partial charge in [-0.2, -0.15) is 0 Å². The lowest BCUT2D eigenvalue weighted by molar-refractivity contribution is 0.0102. The highest BCUT2D eigenvalue weighted by Gasteiger charge is 2.14. The Labute approximate surface area is 64.9 Å². The molecule has 0 spiro atoms. The Kier molecular flexibility index (Phi) is 3.72. The maximum Gasteiger partial charge on any atom is 0.238 e. The minimum Gasteiger partial charge on any atom is -0.376 e. The molecule has 0 aromatic rings. The van der Waals surface area contributed by atoms with Gasteiger partial charge in [-0.15, -0.1) is 0 Å². The number of morpholine rings is 1. The average Bonchev–Trinajstić information content (AvgIpc) is 2.03. The van der Waals surface area contributed by atoms with Crippen molar-refractivity contribution in [3.63, 3.8) is 0 Å². The van der Waals surface area contributed by atoms with Gasteiger partial charge in [0, 0.05) is 19.5 Å². The summed E-state index contributed by atoms with van der Waals surface area (Å²) in [5, 5.41) is 3.09. The molecule has 0 aliphatic carbocycles. The fraction of sp³-hybridized carbons (Fsp3) is 1.00. The van der Waals surface area contributed by atoms with Crippen LogP contribution in [0.3, 0.4) is 0 Å². The van der Waals surface area contributed by atoms with Crippen LogP contribution in [0.4, 0.5) is 8.78 Å². The van der Waals surface area contributed by atoms with E-state index < -0.39 is 6.43 Å². The van der Waals surface area contributed by atoms with Gasteiger partial charge in [-0.05, 0) is 6.42 Å². The van der Waals surface area contributed by atoms with Crippen molar-refractivity contribution in [2.24, 2.45) is 0 Å². The van der Waals surface area contributed by atoms with Crippen molar-refractivity contribution in [1.29, 1.82) is 0 Å². The van der Waals surface area contributed by atoms with Crippen LogP contribution in [0.2, 0.25) is 0 Å². The molecule has 0 amide bonds. The Morgan fingerprint density at radius 3 is 2.91 bits per heavy atom. The summed E-state index contributed by atoms with van der Waals surface area (Å²) in [6.45, 7) is 2.20. The Balaban J connectivity index is 2.05. The first-order chi connectivity index (χ1) is 5.29. The molecule has 1 fully saturated rings. The largest absolute Gasteiger partial charge is 0.376 e. The number of rotatable bonds is 3. The lowest BCUT2D eigenvalue weighted by atomic mass is 10.2. The lowest BCUT2D eigenvalue weighted by Crippen LogP contribution is -2.38. The zero-order chi connectivity index (χ0) is 8.10. The van der Waals surface area contributed by atoms with Gasteiger partial charge in [-0.25, -0.2) is 8.78 Å². The summed E-state index contributed by atoms with van der Waals surface area (Å²) in [7, 11) is 0. The van der Waals surface area contributed by atoms with Gasteiger partial charge in [0.1, 0.15) is 0 Å². The van der Waals surface area contributed by atoms with Crippen LogP contribution in [-0.4, -0.2) is 32.2 Å². The molecule has 1 atom stereocenters. The fourth-order valence-corrected chi connectivity index (χ4v) is 1.12. The summed E-state index contributed by atoms with van der Waals surface area (Å²) in [6, 6.07) is 0. The maximum atomic E-state index is 11.7. The zero-order valence-electron chi connectivity index (χ0n) is 6.35. The molecule has 4 heteroatoms. The van der Waals surface area contributed by atoms with Crippen LogP contribution in [0.5, 0.6) is 0 Å². The molecule has 1 saturated heterocycles. The molecule has 66 valence electrons. The molecular weight excluding hydrogens is 152 g/mol. The van der Waals surface area contributed by atoms with Crippen LogP contribution in [0.15, 0.2) is 0 Å². The van der Waals surface area contributed by atoms with E-state index >= 15 is 0 Å². The molecule has 1 rings (SSSR count). The number of halogens is 2. The summed E-state index contributed by atoms with van der Waals surface area (Å²) in [6.07, 6.45) is -1.78. The minimum atomic E-state index is -2.19. The van der Waals surface area contributed by atoms with Crippen LogP contribution >= 0.6 is 0 Å². The summed E-state index contributed by atoms with van der Waals surface area (Å²) < 4.78 is 28.7. The van der Waals surface area contributed by atoms with Crippen molar-refractivity contribution in [1.82, 2.24) is 5.32 Å². The van der Waals surface area contributed by atoms with Crippen LogP contribution in [0, 0.1) is 0 Å². The molecule has 11 heavy (non-hydrogen) atoms. The fourth-order valence-electron chi connectivity index (χ4n) is 1.12. The number of hydrogen-bond donors (Lipinski definition) is 1. The predicted molar refractivity (Wildman–Crippen MR) is 37.8 cm³/mol. The average molecular weight is 165 g/mol. The van der Waals surface area contributed by atoms with Gasteiger partial charge in [0.15, 0.2) is 0 Å². The van der Waals surface area contributed by atoms with Gasteiger partial charge >= 0.3 is 0 Å². The second kappa shape index (κ2) is 4.62. The van der Waals surface area contributed by atoms with Crippen molar-refractivity contribution in [3.05, 3.63) is 0 Å². The quantitative estimate of drug-likeness (QED) is 0.674. The Bertz CT molecular complexity index is 105. The van der Waals surface area contributed by atoms with Gasteiger partial charge < -0.3 is 10.1 Å². The third-order valence-corrected chi connectivity index (χ3v) is 1.71. The third-order valence-electron chi connectivity index (χ3n) is 1.71. The smallest absolute Gasteiger partial charge is 0.238 e. The van der Waals surface area contributed by atoms with Crippen LogP contribution < -0.4 is 5.32 Å². The van der Waals surface area contributed by atoms with Crippen LogP contribution in [0.25, 0.3) is 0 Å². The van der Waals surface area contributed by atoms with Gasteiger partial charge in [-0.3, -0.25) is 0 Å². The van der Waals surface area contributed by atoms with Crippen molar-refractivity contribution in [3.8, 4) is 0 Å². The Morgan fingerprint density at radius 1 is 1.55 bits per heavy atom. The Morgan fingerprint density at radius 2 is 2.36 bits per heavy atom. The maximum absolute atomic E-state index is 11.7. The van der Waals surface area contributed by atoms with Crippen molar-refractivity contribution < 1.29 is 13.5 Å². The topological polar surface area (TPSA) is 21.3 Å². The minimum absolute atomic E-state index is 0.00208. The molecule has 0 aromatic carbocycles. The number of hydrogen-bond acceptors (Lipinski definition) is 2. The highest BCUT2D eigenvalue weighted by molar-refractivity contribution is 4.66. The molecule has 2 nitrogen and oxygen atoms in total. The zero-order valence-corrected chi connectivity index (χ0v) is 6.35. The van der Waals surface area contributed by atoms with Gasteiger partial charge in [0.25, 0.3) is 0 Å². The summed E-state index contributed by atoms with van der Waals surface area (Å²) in [5.74, 6) is 0. The molecule has 0 bridgehead atoms. The van der Waals surface area contributed by atoms with E-state index in [-0.39, 0.29) is 12.5 Å². The van der Waals surface area contributed by atoms with E-state index in [1.165, 1.54) is 0 Å². The van der Waals surface area contributed by atoms with E-state index in [0.29, 0.717) is 19.6 Å². The predicted octanol–water partition coefficient (Wildman–Crippen LogP) is 1.02. The van der Waals surface area contributed by atoms with Crippen LogP contribution in [0.1, 0.15) is 12.8 Å². The lowest BCUT2D eigenvalue weighted by Gasteiger charge is -2.23. The second-order valence-corrected chi connectivity index (χ2v) is 2.67. The van der Waals surface area contributed by atoms with Gasteiger partial charge in [-0.1, -0.05) is 0 Å². The molecule has 1 aliphatic heterocycles. The van der Waals surface area contributed by atoms with Crippen molar-refractivity contribution in [2.75, 3.05) is 19.7 Å². The number of nitrogens with one attached hydrogen (secondary N) is 1. The standard InChI is InChI=1S/C7H13F2NO/c8-7(9)2-1-6-5-10-3-4-11-6/h6-7,10H,1-5H2/t6-/m1/s1. The summed E-state index contributed by atoms with van der Waals surface area (Å²) in [4.78, 5) is 0. The summed E-state index contributed by atoms with van der Waals surface area (Å²) >= 11 is 0. The first-order valence-electron chi connectivity index (χ1n) is 3.89. The van der Waals surface area contributed by atoms with E-state index in [9.17, 15) is 8.78 Å². The number of alkyl halides is 2. The van der Waals surface area contributed by atoms with Gasteiger partial charge in [0.2, 0.25) is 6.43 Å². The first-order valence-corrected chi connectivity index (χ1v) is 3.89. The molecule has 1 heterocycles. The van der Waals surface area contributed by atoms with E-state index in [1.807, 2.05) is 0 Å². The molecule has 0 radical (unpaired) electrons. The molecule has 0 unspecified atom stereocenters. The first kappa shape index (κ1) is 8.87. The molecule has 1 N–H and O–H groups in total. The third kappa shape index (κ3) is 3.62. The molecule has 0 aromatic heterocycles. The van der Waals surface area contributed by atoms with E-state index in [0.717, 1.165) is 6.54 Å². The van der Waals surface area contributed by atoms with Crippen molar-refractivity contribution in [2.45, 2.75) is 25.4 Å². The van der Waals surface area contributed by atoms with Crippen molar-refractivity contribution >= 4 is 0 Å². The normalized spacial score (nSPS) is 25.9. The van der Waals surface area contributed by atoms with Crippen LogP contribution in [-0.2, 0) is 4.74 Å². The monoisotopic (exact) mass is 165 g/mol. The Hall–Kier alpha value is -0.220. The molecule has 0 saturated carbocycles. The van der Waals surface area contributed by atoms with E-state index in [4.69, 9.17) is 4.74 Å². The second-order valence-electron chi connectivity index (χ2n) is 2.67. The highest BCUT2D eigenvalue weighted by Crippen LogP contribution is 2.09.